The minimum absolute atomic E-state index is 0.108. The molecule has 11 heteroatoms. The lowest BCUT2D eigenvalue weighted by Gasteiger charge is -2.12. The third-order valence-electron chi connectivity index (χ3n) is 2.62. The quantitative estimate of drug-likeness (QED) is 0.487. The monoisotopic (exact) mass is 309 g/mol. The summed E-state index contributed by atoms with van der Waals surface area (Å²) in [6, 6.07) is 0. The number of alkyl halides is 3. The van der Waals surface area contributed by atoms with Gasteiger partial charge in [-0.05, 0) is 0 Å². The molecule has 1 aliphatic rings. The smallest absolute Gasteiger partial charge is 0.335 e. The Hall–Kier alpha value is -1.78. The average Bonchev–Trinajstić information content (AvgIpc) is 2.86. The van der Waals surface area contributed by atoms with Crippen molar-refractivity contribution in [3.8, 4) is 0 Å². The highest BCUT2D eigenvalue weighted by Gasteiger charge is 2.38. The summed E-state index contributed by atoms with van der Waals surface area (Å²) >= 11 is 0.893. The van der Waals surface area contributed by atoms with Gasteiger partial charge in [0.25, 0.3) is 5.82 Å². The molecule has 0 atom stereocenters. The summed E-state index contributed by atoms with van der Waals surface area (Å²) in [4.78, 5) is 23.7. The van der Waals surface area contributed by atoms with E-state index in [2.05, 4.69) is 10.2 Å². The van der Waals surface area contributed by atoms with Crippen LogP contribution in [0, 0.1) is 0 Å². The second kappa shape index (κ2) is 5.31. The van der Waals surface area contributed by atoms with E-state index in [1.165, 1.54) is 0 Å². The van der Waals surface area contributed by atoms with Crippen LogP contribution >= 0.6 is 11.8 Å². The Labute approximate surface area is 115 Å². The van der Waals surface area contributed by atoms with E-state index in [1.807, 2.05) is 0 Å². The summed E-state index contributed by atoms with van der Waals surface area (Å²) in [5, 5.41) is 6.16. The molecule has 0 aromatic carbocycles. The topological polar surface area (TPSA) is 94.1 Å². The number of carbonyl (C=O) groups excluding carboxylic acids is 2. The van der Waals surface area contributed by atoms with Crippen LogP contribution in [-0.2, 0) is 15.8 Å². The van der Waals surface area contributed by atoms with Crippen LogP contribution in [0.4, 0.5) is 13.2 Å². The van der Waals surface area contributed by atoms with Crippen LogP contribution in [0.25, 0.3) is 0 Å². The maximum Gasteiger partial charge on any atom is 0.453 e. The SMILES string of the molecule is Nn1c(SCCN2C(=O)CCC2=O)nnc1C(F)(F)F. The third kappa shape index (κ3) is 2.86. The summed E-state index contributed by atoms with van der Waals surface area (Å²) in [6.07, 6.45) is -4.33. The van der Waals surface area contributed by atoms with E-state index < -0.39 is 12.0 Å². The van der Waals surface area contributed by atoms with Crippen LogP contribution in [0.3, 0.4) is 0 Å². The Morgan fingerprint density at radius 1 is 1.20 bits per heavy atom. The van der Waals surface area contributed by atoms with Gasteiger partial charge in [0.1, 0.15) is 0 Å². The largest absolute Gasteiger partial charge is 0.453 e. The molecule has 110 valence electrons. The zero-order chi connectivity index (χ0) is 14.9. The Bertz CT molecular complexity index is 528. The molecular weight excluding hydrogens is 299 g/mol. The highest BCUT2D eigenvalue weighted by molar-refractivity contribution is 7.99. The number of likely N-dealkylation sites (tertiary alicyclic amines) is 1. The van der Waals surface area contributed by atoms with Gasteiger partial charge in [-0.2, -0.15) is 13.2 Å². The van der Waals surface area contributed by atoms with Gasteiger partial charge < -0.3 is 5.84 Å². The number of rotatable bonds is 4. The molecule has 7 nitrogen and oxygen atoms in total. The second-order valence-electron chi connectivity index (χ2n) is 3.96. The van der Waals surface area contributed by atoms with Gasteiger partial charge in [0.15, 0.2) is 0 Å². The van der Waals surface area contributed by atoms with E-state index in [-0.39, 0.29) is 42.1 Å². The summed E-state index contributed by atoms with van der Waals surface area (Å²) in [7, 11) is 0. The van der Waals surface area contributed by atoms with E-state index in [4.69, 9.17) is 5.84 Å². The van der Waals surface area contributed by atoms with Crippen molar-refractivity contribution in [3.63, 3.8) is 0 Å². The Morgan fingerprint density at radius 3 is 2.30 bits per heavy atom. The molecule has 1 aromatic rings. The predicted molar refractivity (Wildman–Crippen MR) is 61.9 cm³/mol. The fourth-order valence-corrected chi connectivity index (χ4v) is 2.45. The second-order valence-corrected chi connectivity index (χ2v) is 5.02. The third-order valence-corrected chi connectivity index (χ3v) is 3.54. The Morgan fingerprint density at radius 2 is 1.80 bits per heavy atom. The summed E-state index contributed by atoms with van der Waals surface area (Å²) in [5.74, 6) is 3.59. The van der Waals surface area contributed by atoms with E-state index >= 15 is 0 Å². The number of thioether (sulfide) groups is 1. The van der Waals surface area contributed by atoms with Crippen LogP contribution in [-0.4, -0.2) is 43.9 Å². The van der Waals surface area contributed by atoms with Crippen molar-refractivity contribution in [1.82, 2.24) is 19.8 Å². The van der Waals surface area contributed by atoms with Gasteiger partial charge in [0.2, 0.25) is 17.0 Å². The van der Waals surface area contributed by atoms with Crippen molar-refractivity contribution in [2.75, 3.05) is 18.1 Å². The molecule has 20 heavy (non-hydrogen) atoms. The normalized spacial score (nSPS) is 16.2. The lowest BCUT2D eigenvalue weighted by atomic mass is 10.4. The van der Waals surface area contributed by atoms with Gasteiger partial charge in [-0.3, -0.25) is 14.5 Å². The van der Waals surface area contributed by atoms with Crippen molar-refractivity contribution in [1.29, 1.82) is 0 Å². The van der Waals surface area contributed by atoms with E-state index in [9.17, 15) is 22.8 Å². The average molecular weight is 309 g/mol. The molecular formula is C9H10F3N5O2S. The van der Waals surface area contributed by atoms with Crippen molar-refractivity contribution in [2.24, 2.45) is 0 Å². The van der Waals surface area contributed by atoms with Crippen molar-refractivity contribution < 1.29 is 22.8 Å². The minimum atomic E-state index is -4.68. The first-order valence-electron chi connectivity index (χ1n) is 5.54. The molecule has 1 fully saturated rings. The first-order valence-corrected chi connectivity index (χ1v) is 6.53. The lowest BCUT2D eigenvalue weighted by Crippen LogP contribution is -2.31. The molecule has 2 rings (SSSR count). The number of nitrogen functional groups attached to an aromatic ring is 1. The lowest BCUT2D eigenvalue weighted by molar-refractivity contribution is -0.147. The standard InChI is InChI=1S/C9H10F3N5O2S/c10-9(11,12)7-14-15-8(17(7)13)20-4-3-16-5(18)1-2-6(16)19/h1-4,13H2. The summed E-state index contributed by atoms with van der Waals surface area (Å²) in [5.41, 5.74) is 0. The summed E-state index contributed by atoms with van der Waals surface area (Å²) < 4.78 is 37.6. The molecule has 1 aromatic heterocycles. The molecule has 0 saturated carbocycles. The number of amides is 2. The zero-order valence-electron chi connectivity index (χ0n) is 10.1. The van der Waals surface area contributed by atoms with Crippen LogP contribution in [0.2, 0.25) is 0 Å². The van der Waals surface area contributed by atoms with Crippen molar-refractivity contribution in [3.05, 3.63) is 5.82 Å². The number of nitrogens with two attached hydrogens (primary N) is 1. The maximum atomic E-state index is 12.4. The van der Waals surface area contributed by atoms with Crippen molar-refractivity contribution >= 4 is 23.6 Å². The molecule has 1 aliphatic heterocycles. The van der Waals surface area contributed by atoms with Gasteiger partial charge >= 0.3 is 6.18 Å². The fraction of sp³-hybridized carbons (Fsp3) is 0.556. The van der Waals surface area contributed by atoms with Gasteiger partial charge in [0.05, 0.1) is 0 Å². The molecule has 0 aliphatic carbocycles. The highest BCUT2D eigenvalue weighted by atomic mass is 32.2. The van der Waals surface area contributed by atoms with Gasteiger partial charge in [-0.25, -0.2) is 4.68 Å². The number of nitrogens with zero attached hydrogens (tertiary/aromatic N) is 4. The molecule has 0 unspecified atom stereocenters. The number of hydrogen-bond donors (Lipinski definition) is 1. The summed E-state index contributed by atoms with van der Waals surface area (Å²) in [6.45, 7) is 0.108. The van der Waals surface area contributed by atoms with Gasteiger partial charge in [0, 0.05) is 25.1 Å². The first-order chi connectivity index (χ1) is 9.30. The maximum absolute atomic E-state index is 12.4. The molecule has 2 N–H and O–H groups in total. The zero-order valence-corrected chi connectivity index (χ0v) is 10.9. The van der Waals surface area contributed by atoms with E-state index in [0.29, 0.717) is 4.68 Å². The number of hydrogen-bond acceptors (Lipinski definition) is 6. The molecule has 0 radical (unpaired) electrons. The number of halogens is 3. The Kier molecular flexibility index (Phi) is 3.88. The van der Waals surface area contributed by atoms with Crippen molar-refractivity contribution in [2.45, 2.75) is 24.2 Å². The fourth-order valence-electron chi connectivity index (χ4n) is 1.67. The van der Waals surface area contributed by atoms with Crippen LogP contribution in [0.5, 0.6) is 0 Å². The van der Waals surface area contributed by atoms with Gasteiger partial charge in [-0.15, -0.1) is 10.2 Å². The molecule has 2 amide bonds. The minimum Gasteiger partial charge on any atom is -0.335 e. The van der Waals surface area contributed by atoms with E-state index in [1.54, 1.807) is 0 Å². The molecule has 0 spiro atoms. The van der Waals surface area contributed by atoms with E-state index in [0.717, 1.165) is 16.7 Å². The van der Waals surface area contributed by atoms with Crippen LogP contribution in [0.15, 0.2) is 5.16 Å². The van der Waals surface area contributed by atoms with Gasteiger partial charge in [-0.1, -0.05) is 11.8 Å². The Balaban J connectivity index is 1.94. The highest BCUT2D eigenvalue weighted by Crippen LogP contribution is 2.28. The van der Waals surface area contributed by atoms with Crippen LogP contribution in [0.1, 0.15) is 18.7 Å². The predicted octanol–water partition coefficient (Wildman–Crippen LogP) is 0.252. The molecule has 1 saturated heterocycles. The van der Waals surface area contributed by atoms with Crippen LogP contribution < -0.4 is 5.84 Å². The molecule has 2 heterocycles. The first kappa shape index (κ1) is 14.6. The number of imide groups is 1. The molecule has 0 bridgehead atoms. The number of aromatic nitrogens is 3. The number of carbonyl (C=O) groups is 2.